The zero-order valence-corrected chi connectivity index (χ0v) is 15.0. The molecule has 0 atom stereocenters. The van der Waals surface area contributed by atoms with Crippen molar-refractivity contribution in [3.63, 3.8) is 0 Å². The first-order valence-corrected chi connectivity index (χ1v) is 8.86. The summed E-state index contributed by atoms with van der Waals surface area (Å²) in [7, 11) is 0. The summed E-state index contributed by atoms with van der Waals surface area (Å²) in [4.78, 5) is 28.8. The number of H-pyrrole nitrogens is 1. The third-order valence-corrected chi connectivity index (χ3v) is 4.74. The first kappa shape index (κ1) is 17.1. The number of aromatic amines is 1. The summed E-state index contributed by atoms with van der Waals surface area (Å²) >= 11 is 0. The number of furan rings is 1. The number of amides is 2. The second-order valence-corrected chi connectivity index (χ2v) is 6.59. The summed E-state index contributed by atoms with van der Waals surface area (Å²) in [5.41, 5.74) is 2.81. The van der Waals surface area contributed by atoms with Gasteiger partial charge < -0.3 is 14.2 Å². The number of aryl methyl sites for hydroxylation is 1. The Labute approximate surface area is 156 Å². The number of hydrogen-bond acceptors (Lipinski definition) is 4. The number of carbonyl (C=O) groups is 2. The van der Waals surface area contributed by atoms with E-state index in [-0.39, 0.29) is 11.8 Å². The van der Waals surface area contributed by atoms with Gasteiger partial charge in [-0.3, -0.25) is 14.7 Å². The second kappa shape index (κ2) is 7.11. The molecule has 1 aliphatic rings. The number of benzene rings is 1. The molecule has 0 bridgehead atoms. The Morgan fingerprint density at radius 2 is 1.67 bits per heavy atom. The minimum Gasteiger partial charge on any atom is -0.463 e. The van der Waals surface area contributed by atoms with Crippen LogP contribution in [0, 0.1) is 6.92 Å². The van der Waals surface area contributed by atoms with E-state index in [1.54, 1.807) is 34.3 Å². The van der Waals surface area contributed by atoms with E-state index in [2.05, 4.69) is 10.2 Å². The Kier molecular flexibility index (Phi) is 4.50. The van der Waals surface area contributed by atoms with Crippen LogP contribution in [0.4, 0.5) is 0 Å². The van der Waals surface area contributed by atoms with Crippen LogP contribution < -0.4 is 0 Å². The molecule has 4 rings (SSSR count). The highest BCUT2D eigenvalue weighted by molar-refractivity contribution is 5.95. The summed E-state index contributed by atoms with van der Waals surface area (Å²) in [6.45, 7) is 3.98. The van der Waals surface area contributed by atoms with Crippen LogP contribution >= 0.6 is 0 Å². The third kappa shape index (κ3) is 3.48. The van der Waals surface area contributed by atoms with E-state index in [0.29, 0.717) is 48.9 Å². The average molecular weight is 364 g/mol. The smallest absolute Gasteiger partial charge is 0.274 e. The molecule has 1 saturated heterocycles. The van der Waals surface area contributed by atoms with Gasteiger partial charge in [0.05, 0.1) is 6.26 Å². The van der Waals surface area contributed by atoms with Crippen LogP contribution in [0.15, 0.2) is 53.1 Å². The van der Waals surface area contributed by atoms with Gasteiger partial charge in [0.25, 0.3) is 11.8 Å². The lowest BCUT2D eigenvalue weighted by Crippen LogP contribution is -2.50. The van der Waals surface area contributed by atoms with Crippen molar-refractivity contribution in [2.24, 2.45) is 0 Å². The fraction of sp³-hybridized carbons (Fsp3) is 0.250. The average Bonchev–Trinajstić information content (AvgIpc) is 3.39. The Bertz CT molecular complexity index is 936. The van der Waals surface area contributed by atoms with Crippen molar-refractivity contribution in [1.82, 2.24) is 20.0 Å². The Morgan fingerprint density at radius 3 is 2.30 bits per heavy atom. The highest BCUT2D eigenvalue weighted by Gasteiger charge is 2.26. The van der Waals surface area contributed by atoms with Crippen molar-refractivity contribution in [1.29, 1.82) is 0 Å². The minimum absolute atomic E-state index is 0.00183. The molecule has 2 amide bonds. The predicted molar refractivity (Wildman–Crippen MR) is 99.3 cm³/mol. The van der Waals surface area contributed by atoms with Crippen LogP contribution in [0.2, 0.25) is 0 Å². The molecule has 0 radical (unpaired) electrons. The van der Waals surface area contributed by atoms with Crippen molar-refractivity contribution in [2.45, 2.75) is 6.92 Å². The van der Waals surface area contributed by atoms with Crippen LogP contribution in [0.1, 0.15) is 26.4 Å². The lowest BCUT2D eigenvalue weighted by molar-refractivity contribution is 0.0532. The number of aromatic nitrogens is 2. The van der Waals surface area contributed by atoms with Crippen LogP contribution in [0.3, 0.4) is 0 Å². The molecule has 1 aliphatic heterocycles. The molecule has 0 saturated carbocycles. The molecule has 1 aromatic carbocycles. The summed E-state index contributed by atoms with van der Waals surface area (Å²) < 4.78 is 5.31. The van der Waals surface area contributed by atoms with E-state index in [1.165, 1.54) is 0 Å². The molecule has 7 heteroatoms. The highest BCUT2D eigenvalue weighted by atomic mass is 16.3. The van der Waals surface area contributed by atoms with Crippen molar-refractivity contribution in [3.05, 3.63) is 65.5 Å². The minimum atomic E-state index is -0.147. The standard InChI is InChI=1S/C20H20N4O3/c1-14-4-6-15(7-5-14)19(25)23-8-10-24(11-9-23)20(26)17-13-16(21-22-17)18-3-2-12-27-18/h2-7,12-13H,8-11H2,1H3,(H,21,22). The number of piperazine rings is 1. The van der Waals surface area contributed by atoms with Crippen molar-refractivity contribution in [3.8, 4) is 11.5 Å². The number of nitrogens with zero attached hydrogens (tertiary/aromatic N) is 3. The largest absolute Gasteiger partial charge is 0.463 e. The second-order valence-electron chi connectivity index (χ2n) is 6.59. The highest BCUT2D eigenvalue weighted by Crippen LogP contribution is 2.19. The van der Waals surface area contributed by atoms with Crippen LogP contribution in [-0.4, -0.2) is 58.0 Å². The van der Waals surface area contributed by atoms with Gasteiger partial charge in [-0.25, -0.2) is 0 Å². The summed E-state index contributed by atoms with van der Waals surface area (Å²) in [6, 6.07) is 12.8. The molecule has 0 unspecified atom stereocenters. The Hall–Kier alpha value is -3.35. The van der Waals surface area contributed by atoms with Gasteiger partial charge in [-0.2, -0.15) is 5.10 Å². The zero-order chi connectivity index (χ0) is 18.8. The van der Waals surface area contributed by atoms with Crippen molar-refractivity contribution >= 4 is 11.8 Å². The van der Waals surface area contributed by atoms with E-state index >= 15 is 0 Å². The Morgan fingerprint density at radius 1 is 1.00 bits per heavy atom. The fourth-order valence-corrected chi connectivity index (χ4v) is 3.14. The molecule has 3 aromatic rings. The molecule has 27 heavy (non-hydrogen) atoms. The molecule has 7 nitrogen and oxygen atoms in total. The molecule has 2 aromatic heterocycles. The van der Waals surface area contributed by atoms with Gasteiger partial charge in [0.15, 0.2) is 11.5 Å². The Balaban J connectivity index is 1.38. The maximum Gasteiger partial charge on any atom is 0.274 e. The van der Waals surface area contributed by atoms with Gasteiger partial charge in [0, 0.05) is 37.8 Å². The normalized spacial score (nSPS) is 14.4. The first-order chi connectivity index (χ1) is 13.1. The lowest BCUT2D eigenvalue weighted by Gasteiger charge is -2.34. The van der Waals surface area contributed by atoms with Crippen LogP contribution in [0.5, 0.6) is 0 Å². The number of rotatable bonds is 3. The molecular weight excluding hydrogens is 344 g/mol. The molecule has 138 valence electrons. The molecular formula is C20H20N4O3. The zero-order valence-electron chi connectivity index (χ0n) is 15.0. The topological polar surface area (TPSA) is 82.4 Å². The lowest BCUT2D eigenvalue weighted by atomic mass is 10.1. The molecule has 0 aliphatic carbocycles. The first-order valence-electron chi connectivity index (χ1n) is 8.86. The molecule has 0 spiro atoms. The van der Waals surface area contributed by atoms with E-state index in [9.17, 15) is 9.59 Å². The SMILES string of the molecule is Cc1ccc(C(=O)N2CCN(C(=O)c3cc(-c4ccco4)[nH]n3)CC2)cc1. The van der Waals surface area contributed by atoms with Crippen molar-refractivity contribution < 1.29 is 14.0 Å². The predicted octanol–water partition coefficient (Wildman–Crippen LogP) is 2.58. The monoisotopic (exact) mass is 364 g/mol. The maximum atomic E-state index is 12.7. The summed E-state index contributed by atoms with van der Waals surface area (Å²) in [5.74, 6) is 0.489. The third-order valence-electron chi connectivity index (χ3n) is 4.74. The summed E-state index contributed by atoms with van der Waals surface area (Å²) in [5, 5.41) is 6.93. The van der Waals surface area contributed by atoms with Gasteiger partial charge in [-0.1, -0.05) is 17.7 Å². The molecule has 3 heterocycles. The number of hydrogen-bond donors (Lipinski definition) is 1. The van der Waals surface area contributed by atoms with Gasteiger partial charge in [0.2, 0.25) is 0 Å². The van der Waals surface area contributed by atoms with Gasteiger partial charge in [0.1, 0.15) is 5.69 Å². The summed E-state index contributed by atoms with van der Waals surface area (Å²) in [6.07, 6.45) is 1.57. The van der Waals surface area contributed by atoms with Gasteiger partial charge in [-0.05, 0) is 31.2 Å². The maximum absolute atomic E-state index is 12.7. The molecule has 1 N–H and O–H groups in total. The van der Waals surface area contributed by atoms with Crippen LogP contribution in [0.25, 0.3) is 11.5 Å². The van der Waals surface area contributed by atoms with Gasteiger partial charge in [-0.15, -0.1) is 0 Å². The van der Waals surface area contributed by atoms with E-state index < -0.39 is 0 Å². The van der Waals surface area contributed by atoms with E-state index in [1.807, 2.05) is 31.2 Å². The van der Waals surface area contributed by atoms with E-state index in [0.717, 1.165) is 5.56 Å². The van der Waals surface area contributed by atoms with Crippen LogP contribution in [-0.2, 0) is 0 Å². The fourth-order valence-electron chi connectivity index (χ4n) is 3.14. The van der Waals surface area contributed by atoms with Gasteiger partial charge >= 0.3 is 0 Å². The molecule has 1 fully saturated rings. The number of carbonyl (C=O) groups excluding carboxylic acids is 2. The number of nitrogens with one attached hydrogen (secondary N) is 1. The quantitative estimate of drug-likeness (QED) is 0.774. The van der Waals surface area contributed by atoms with E-state index in [4.69, 9.17) is 4.42 Å². The van der Waals surface area contributed by atoms with Crippen molar-refractivity contribution in [2.75, 3.05) is 26.2 Å².